The first-order chi connectivity index (χ1) is 12.9. The van der Waals surface area contributed by atoms with Gasteiger partial charge in [-0.05, 0) is 44.7 Å². The fourth-order valence-corrected chi connectivity index (χ4v) is 4.12. The van der Waals surface area contributed by atoms with Gasteiger partial charge in [0, 0.05) is 50.3 Å². The minimum absolute atomic E-state index is 0.314. The molecular formula is C21H35N5O. The number of carbonyl (C=O) groups excluding carboxylic acids is 1. The van der Waals surface area contributed by atoms with Crippen molar-refractivity contribution in [2.75, 3.05) is 44.2 Å². The fourth-order valence-electron chi connectivity index (χ4n) is 4.12. The molecule has 0 saturated carbocycles. The number of aromatic nitrogens is 2. The topological polar surface area (TPSA) is 61.4 Å². The maximum atomic E-state index is 12.8. The lowest BCUT2D eigenvalue weighted by Crippen LogP contribution is -2.49. The van der Waals surface area contributed by atoms with Crippen molar-refractivity contribution in [1.29, 1.82) is 0 Å². The van der Waals surface area contributed by atoms with E-state index in [1.165, 1.54) is 12.8 Å². The van der Waals surface area contributed by atoms with Crippen molar-refractivity contribution < 1.29 is 4.79 Å². The number of rotatable bonds is 5. The minimum atomic E-state index is 0.314. The number of carbonyl (C=O) groups is 1. The van der Waals surface area contributed by atoms with Gasteiger partial charge in [-0.3, -0.25) is 4.79 Å². The van der Waals surface area contributed by atoms with Gasteiger partial charge in [-0.1, -0.05) is 20.8 Å². The van der Waals surface area contributed by atoms with Crippen molar-refractivity contribution in [3.8, 4) is 0 Å². The molecule has 2 aliphatic heterocycles. The molecule has 0 aromatic carbocycles. The van der Waals surface area contributed by atoms with Gasteiger partial charge in [0.05, 0.1) is 0 Å². The molecule has 150 valence electrons. The van der Waals surface area contributed by atoms with Crippen molar-refractivity contribution >= 4 is 11.7 Å². The lowest BCUT2D eigenvalue weighted by molar-refractivity contribution is -0.132. The molecule has 2 unspecified atom stereocenters. The number of nitrogens with one attached hydrogen (secondary N) is 1. The van der Waals surface area contributed by atoms with E-state index in [4.69, 9.17) is 4.98 Å². The molecule has 2 fully saturated rings. The van der Waals surface area contributed by atoms with Crippen LogP contribution in [0.4, 0.5) is 5.82 Å². The van der Waals surface area contributed by atoms with Gasteiger partial charge >= 0.3 is 0 Å². The Morgan fingerprint density at radius 2 is 1.96 bits per heavy atom. The summed E-state index contributed by atoms with van der Waals surface area (Å²) in [6.07, 6.45) is 3.16. The van der Waals surface area contributed by atoms with Crippen LogP contribution < -0.4 is 10.2 Å². The molecule has 1 N–H and O–H groups in total. The number of aryl methyl sites for hydroxylation is 1. The van der Waals surface area contributed by atoms with E-state index in [2.05, 4.69) is 42.0 Å². The lowest BCUT2D eigenvalue weighted by Gasteiger charge is -2.37. The number of nitrogens with zero attached hydrogens (tertiary/aromatic N) is 4. The van der Waals surface area contributed by atoms with Crippen molar-refractivity contribution in [2.24, 2.45) is 11.8 Å². The molecule has 2 saturated heterocycles. The minimum Gasteiger partial charge on any atom is -0.353 e. The number of piperazine rings is 1. The molecule has 2 atom stereocenters. The second-order valence-electron chi connectivity index (χ2n) is 8.54. The molecule has 6 heteroatoms. The highest BCUT2D eigenvalue weighted by Gasteiger charge is 2.27. The van der Waals surface area contributed by atoms with E-state index in [1.807, 2.05) is 11.8 Å². The molecule has 6 nitrogen and oxygen atoms in total. The SMILES string of the molecule is Cc1cc(N2CCN(C(=O)CC(C)C3CCCNC3)CC2)nc(C(C)C)n1. The van der Waals surface area contributed by atoms with Gasteiger partial charge in [0.15, 0.2) is 0 Å². The summed E-state index contributed by atoms with van der Waals surface area (Å²) in [6, 6.07) is 2.06. The molecule has 3 heterocycles. The summed E-state index contributed by atoms with van der Waals surface area (Å²) in [4.78, 5) is 26.4. The highest BCUT2D eigenvalue weighted by molar-refractivity contribution is 5.76. The van der Waals surface area contributed by atoms with Crippen LogP contribution in [0.1, 0.15) is 57.5 Å². The maximum absolute atomic E-state index is 12.8. The fraction of sp³-hybridized carbons (Fsp3) is 0.762. The zero-order chi connectivity index (χ0) is 19.4. The molecule has 1 amide bonds. The molecule has 0 radical (unpaired) electrons. The number of hydrogen-bond donors (Lipinski definition) is 1. The van der Waals surface area contributed by atoms with Crippen molar-refractivity contribution in [3.63, 3.8) is 0 Å². The van der Waals surface area contributed by atoms with Crippen LogP contribution in [-0.4, -0.2) is 60.0 Å². The van der Waals surface area contributed by atoms with E-state index in [0.717, 1.165) is 56.6 Å². The zero-order valence-electron chi connectivity index (χ0n) is 17.4. The molecule has 0 bridgehead atoms. The highest BCUT2D eigenvalue weighted by Crippen LogP contribution is 2.24. The normalized spacial score (nSPS) is 22.2. The van der Waals surface area contributed by atoms with Crippen LogP contribution in [0.2, 0.25) is 0 Å². The largest absolute Gasteiger partial charge is 0.353 e. The Morgan fingerprint density at radius 1 is 1.22 bits per heavy atom. The predicted molar refractivity (Wildman–Crippen MR) is 109 cm³/mol. The summed E-state index contributed by atoms with van der Waals surface area (Å²) in [5.41, 5.74) is 1.01. The summed E-state index contributed by atoms with van der Waals surface area (Å²) in [6.45, 7) is 14.0. The first-order valence-corrected chi connectivity index (χ1v) is 10.5. The summed E-state index contributed by atoms with van der Waals surface area (Å²) in [5, 5.41) is 3.47. The van der Waals surface area contributed by atoms with Crippen LogP contribution in [0.15, 0.2) is 6.07 Å². The van der Waals surface area contributed by atoms with Gasteiger partial charge in [-0.15, -0.1) is 0 Å². The number of amides is 1. The van der Waals surface area contributed by atoms with Crippen molar-refractivity contribution in [2.45, 2.75) is 52.9 Å². The third-order valence-electron chi connectivity index (χ3n) is 5.97. The molecule has 1 aromatic rings. The Morgan fingerprint density at radius 3 is 2.59 bits per heavy atom. The first kappa shape index (κ1) is 20.1. The maximum Gasteiger partial charge on any atom is 0.222 e. The van der Waals surface area contributed by atoms with Gasteiger partial charge in [0.25, 0.3) is 0 Å². The zero-order valence-corrected chi connectivity index (χ0v) is 17.4. The van der Waals surface area contributed by atoms with Gasteiger partial charge in [-0.2, -0.15) is 0 Å². The second kappa shape index (κ2) is 9.00. The van der Waals surface area contributed by atoms with Crippen LogP contribution in [-0.2, 0) is 4.79 Å². The van der Waals surface area contributed by atoms with E-state index in [-0.39, 0.29) is 0 Å². The number of piperidine rings is 1. The first-order valence-electron chi connectivity index (χ1n) is 10.5. The third-order valence-corrected chi connectivity index (χ3v) is 5.97. The monoisotopic (exact) mass is 373 g/mol. The third kappa shape index (κ3) is 5.18. The average Bonchev–Trinajstić information content (AvgIpc) is 2.68. The van der Waals surface area contributed by atoms with Gasteiger partial charge in [0.2, 0.25) is 5.91 Å². The van der Waals surface area contributed by atoms with E-state index < -0.39 is 0 Å². The molecule has 0 aliphatic carbocycles. The second-order valence-corrected chi connectivity index (χ2v) is 8.54. The molecule has 0 spiro atoms. The molecule has 3 rings (SSSR count). The van der Waals surface area contributed by atoms with Crippen LogP contribution in [0.3, 0.4) is 0 Å². The lowest BCUT2D eigenvalue weighted by atomic mass is 9.85. The van der Waals surface area contributed by atoms with E-state index >= 15 is 0 Å². The van der Waals surface area contributed by atoms with Crippen molar-refractivity contribution in [1.82, 2.24) is 20.2 Å². The average molecular weight is 374 g/mol. The highest BCUT2D eigenvalue weighted by atomic mass is 16.2. The summed E-state index contributed by atoms with van der Waals surface area (Å²) in [5.74, 6) is 3.64. The molecule has 2 aliphatic rings. The number of hydrogen-bond acceptors (Lipinski definition) is 5. The van der Waals surface area contributed by atoms with Gasteiger partial charge in [-0.25, -0.2) is 9.97 Å². The summed E-state index contributed by atoms with van der Waals surface area (Å²) in [7, 11) is 0. The van der Waals surface area contributed by atoms with Crippen LogP contribution in [0.5, 0.6) is 0 Å². The quantitative estimate of drug-likeness (QED) is 0.860. The Bertz CT molecular complexity index is 633. The molecular weight excluding hydrogens is 338 g/mol. The van der Waals surface area contributed by atoms with Gasteiger partial charge < -0.3 is 15.1 Å². The Balaban J connectivity index is 1.53. The van der Waals surface area contributed by atoms with E-state index in [1.54, 1.807) is 0 Å². The molecule has 27 heavy (non-hydrogen) atoms. The van der Waals surface area contributed by atoms with E-state index in [9.17, 15) is 4.79 Å². The van der Waals surface area contributed by atoms with Gasteiger partial charge in [0.1, 0.15) is 11.6 Å². The smallest absolute Gasteiger partial charge is 0.222 e. The number of anilines is 1. The molecule has 1 aromatic heterocycles. The predicted octanol–water partition coefficient (Wildman–Crippen LogP) is 2.58. The van der Waals surface area contributed by atoms with E-state index in [0.29, 0.717) is 30.1 Å². The Labute approximate surface area is 163 Å². The summed E-state index contributed by atoms with van der Waals surface area (Å²) < 4.78 is 0. The van der Waals surface area contributed by atoms with Crippen LogP contribution >= 0.6 is 0 Å². The Kier molecular flexibility index (Phi) is 6.68. The Hall–Kier alpha value is -1.69. The van der Waals surface area contributed by atoms with Crippen LogP contribution in [0, 0.1) is 18.8 Å². The van der Waals surface area contributed by atoms with Crippen molar-refractivity contribution in [3.05, 3.63) is 17.6 Å². The summed E-state index contributed by atoms with van der Waals surface area (Å²) >= 11 is 0. The van der Waals surface area contributed by atoms with Crippen LogP contribution in [0.25, 0.3) is 0 Å². The standard InChI is InChI=1S/C21H35N5O/c1-15(2)21-23-17(4)13-19(24-21)25-8-10-26(11-9-25)20(27)12-16(3)18-6-5-7-22-14-18/h13,15-16,18,22H,5-12,14H2,1-4H3.